The highest BCUT2D eigenvalue weighted by Crippen LogP contribution is 2.30. The van der Waals surface area contributed by atoms with Crippen molar-refractivity contribution >= 4 is 144 Å². The Balaban J connectivity index is 0.000000151. The minimum atomic E-state index is -5.08. The van der Waals surface area contributed by atoms with E-state index < -0.39 is 17.7 Å². The van der Waals surface area contributed by atoms with Crippen LogP contribution in [0.25, 0.3) is 40.9 Å². The molecule has 19 nitrogen and oxygen atoms in total. The van der Waals surface area contributed by atoms with Crippen LogP contribution in [0.1, 0.15) is 50.4 Å². The number of H-pyrrole nitrogens is 1. The fraction of sp³-hybridized carbons (Fsp3) is 0.326. The number of hydrogen-bond acceptors (Lipinski definition) is 21. The lowest BCUT2D eigenvalue weighted by atomic mass is 10.1. The van der Waals surface area contributed by atoms with Crippen molar-refractivity contribution in [3.8, 4) is 0 Å². The molecule has 0 aromatic carbocycles. The summed E-state index contributed by atoms with van der Waals surface area (Å²) >= 11 is 13.4. The number of methoxy groups -OCH3 is 1. The third-order valence-electron chi connectivity index (χ3n) is 10.2. The number of piperazine rings is 1. The molecule has 9 aromatic rings. The van der Waals surface area contributed by atoms with Gasteiger partial charge in [-0.05, 0) is 97.3 Å². The first-order valence-corrected chi connectivity index (χ1v) is 26.9. The summed E-state index contributed by atoms with van der Waals surface area (Å²) in [5.74, 6) is -1.05. The van der Waals surface area contributed by atoms with Crippen LogP contribution in [0.15, 0.2) is 87.3 Å². The van der Waals surface area contributed by atoms with Crippen LogP contribution >= 0.6 is 68.3 Å². The third-order valence-corrected chi connectivity index (χ3v) is 14.5. The fourth-order valence-corrected chi connectivity index (χ4v) is 10.6. The predicted octanol–water partition coefficient (Wildman–Crippen LogP) is 10.5. The first kappa shape index (κ1) is 56.6. The molecule has 0 radical (unpaired) electrons. The van der Waals surface area contributed by atoms with Crippen molar-refractivity contribution in [3.05, 3.63) is 104 Å². The monoisotopic (exact) mass is 1130 g/mol. The molecule has 0 aliphatic carbocycles. The number of rotatable bonds is 3. The van der Waals surface area contributed by atoms with Crippen LogP contribution in [0.5, 0.6) is 0 Å². The highest BCUT2D eigenvalue weighted by Gasteiger charge is 2.38. The molecular weight excluding hydrogens is 1090 g/mol. The smallest absolute Gasteiger partial charge is 0.475 e. The summed E-state index contributed by atoms with van der Waals surface area (Å²) in [6.07, 6.45) is 4.79. The topological polar surface area (TPSA) is 249 Å². The number of ether oxygens (including phenoxy) is 2. The Labute approximate surface area is 445 Å². The molecule has 2 saturated heterocycles. The van der Waals surface area contributed by atoms with Gasteiger partial charge in [-0.1, -0.05) is 11.6 Å². The van der Waals surface area contributed by atoms with Crippen LogP contribution in [-0.4, -0.2) is 126 Å². The van der Waals surface area contributed by atoms with Crippen LogP contribution in [0.4, 0.5) is 34.6 Å². The van der Waals surface area contributed by atoms with Crippen LogP contribution in [0.3, 0.4) is 0 Å². The van der Waals surface area contributed by atoms with Gasteiger partial charge in [0.1, 0.15) is 65.7 Å². The number of carbonyl (C=O) groups excluding carboxylic acids is 2. The number of aliphatic carboxylic acids is 1. The average molecular weight is 1130 g/mol. The summed E-state index contributed by atoms with van der Waals surface area (Å²) < 4.78 is 41.6. The van der Waals surface area contributed by atoms with E-state index in [-0.39, 0.29) is 17.6 Å². The van der Waals surface area contributed by atoms with E-state index >= 15 is 0 Å². The molecule has 0 bridgehead atoms. The van der Waals surface area contributed by atoms with Gasteiger partial charge in [0.2, 0.25) is 0 Å². The number of aromatic nitrogens is 8. The number of nitrogens with two attached hydrogens (primary N) is 1. The van der Waals surface area contributed by atoms with E-state index in [1.165, 1.54) is 67.1 Å². The number of thiophene rings is 5. The number of alkyl halides is 3. The van der Waals surface area contributed by atoms with E-state index in [1.54, 1.807) is 69.1 Å². The number of piperidine rings is 1. The number of aromatic amines is 1. The molecule has 0 atom stereocenters. The van der Waals surface area contributed by atoms with Crippen LogP contribution < -0.4 is 21.1 Å². The number of nitrogens with one attached hydrogen (secondary N) is 1. The number of fused-ring (bicyclic) bond motifs is 4. The molecule has 392 valence electrons. The molecule has 9 aromatic heterocycles. The summed E-state index contributed by atoms with van der Waals surface area (Å²) in [7, 11) is 1.33. The van der Waals surface area contributed by atoms with E-state index in [0.717, 1.165) is 67.9 Å². The van der Waals surface area contributed by atoms with Gasteiger partial charge in [0.25, 0.3) is 5.56 Å². The van der Waals surface area contributed by atoms with Gasteiger partial charge in [0, 0.05) is 44.7 Å². The number of esters is 1. The van der Waals surface area contributed by atoms with E-state index in [1.807, 2.05) is 43.0 Å². The van der Waals surface area contributed by atoms with E-state index in [9.17, 15) is 27.6 Å². The van der Waals surface area contributed by atoms with Gasteiger partial charge in [0.05, 0.1) is 35.2 Å². The normalized spacial score (nSPS) is 13.4. The Kier molecular flexibility index (Phi) is 20.3. The number of halogens is 4. The standard InChI is InChI=1S/C15H20N4O2S.C11H13N3S.C6H3ClN2S.C6H4N2OS.C6H7NO2S.C2HF3O2/c1-15(2,3)21-14(20)19-7-5-18(6-8-19)12-11-4-9-22-13(11)17-10-16-12;1-2-5-14(6-3-1)10-9-4-7-15-11(9)13-8-12-10;7-5-4-1-2-10-6(4)9-3-8-5;9-5-4-1-2-10-6(4)8-3-7-5;1-9-6(8)4-2-3-10-5(4)7;3-2(4,5)1(6)7/h4,9-10H,5-8H2,1-3H3;4,7-8H,1-3,5-6H2;1-3H;1-3H,(H,7,8,9);2-3H,7H2,1H3;(H,6,7). The third kappa shape index (κ3) is 15.9. The first-order chi connectivity index (χ1) is 35.3. The van der Waals surface area contributed by atoms with Gasteiger partial charge in [-0.2, -0.15) is 13.2 Å². The van der Waals surface area contributed by atoms with E-state index in [4.69, 9.17) is 32.0 Å². The van der Waals surface area contributed by atoms with E-state index in [0.29, 0.717) is 34.2 Å². The Bertz CT molecular complexity index is 3310. The van der Waals surface area contributed by atoms with Crippen molar-refractivity contribution in [2.75, 3.05) is 61.9 Å². The number of nitrogens with zero attached hydrogens (tertiary/aromatic N) is 10. The number of hydrogen-bond donors (Lipinski definition) is 3. The lowest BCUT2D eigenvalue weighted by Crippen LogP contribution is -2.50. The molecule has 2 aliphatic heterocycles. The number of carbonyl (C=O) groups is 3. The molecular formula is C46H48ClF3N12O7S5. The van der Waals surface area contributed by atoms with Crippen molar-refractivity contribution < 1.29 is 42.1 Å². The summed E-state index contributed by atoms with van der Waals surface area (Å²) in [5, 5.41) is 21.7. The van der Waals surface area contributed by atoms with Gasteiger partial charge in [-0.3, -0.25) is 4.79 Å². The highest BCUT2D eigenvalue weighted by atomic mass is 35.5. The molecule has 28 heteroatoms. The highest BCUT2D eigenvalue weighted by molar-refractivity contribution is 7.17. The van der Waals surface area contributed by atoms with Crippen LogP contribution in [0, 0.1) is 0 Å². The maximum Gasteiger partial charge on any atom is 0.490 e. The second-order valence-corrected chi connectivity index (χ2v) is 21.2. The minimum Gasteiger partial charge on any atom is -0.475 e. The number of nitrogen functional groups attached to an aromatic ring is 1. The number of anilines is 3. The first-order valence-electron chi connectivity index (χ1n) is 22.1. The average Bonchev–Trinajstić information content (AvgIpc) is 4.26. The molecule has 11 rings (SSSR count). The number of carboxylic acid groups (broad SMARTS) is 1. The summed E-state index contributed by atoms with van der Waals surface area (Å²) in [5.41, 5.74) is 5.37. The van der Waals surface area contributed by atoms with Gasteiger partial charge < -0.3 is 40.0 Å². The summed E-state index contributed by atoms with van der Waals surface area (Å²) in [6.45, 7) is 10.7. The van der Waals surface area contributed by atoms with Crippen molar-refractivity contribution in [3.63, 3.8) is 0 Å². The molecule has 2 aliphatic rings. The van der Waals surface area contributed by atoms with Gasteiger partial charge in [-0.15, -0.1) is 56.7 Å². The molecule has 1 amide bonds. The second-order valence-electron chi connectivity index (χ2n) is 16.3. The van der Waals surface area contributed by atoms with Crippen molar-refractivity contribution in [2.24, 2.45) is 0 Å². The second kappa shape index (κ2) is 26.5. The lowest BCUT2D eigenvalue weighted by molar-refractivity contribution is -0.192. The zero-order chi connectivity index (χ0) is 53.4. The van der Waals surface area contributed by atoms with Crippen LogP contribution in [-0.2, 0) is 14.3 Å². The maximum absolute atomic E-state index is 12.1. The van der Waals surface area contributed by atoms with Gasteiger partial charge in [-0.25, -0.2) is 49.3 Å². The summed E-state index contributed by atoms with van der Waals surface area (Å²) in [4.78, 5) is 84.7. The number of amides is 1. The van der Waals surface area contributed by atoms with Gasteiger partial charge >= 0.3 is 24.2 Å². The Morgan fingerprint density at radius 1 is 0.662 bits per heavy atom. The Hall–Kier alpha value is -6.65. The Morgan fingerprint density at radius 2 is 1.12 bits per heavy atom. The quantitative estimate of drug-likeness (QED) is 0.110. The SMILES string of the molecule is CC(C)(C)OC(=O)N1CCN(c2ncnc3sccc23)CC1.COC(=O)c1ccsc1N.Clc1ncnc2sccc12.O=C(O)C(F)(F)F.O=c1[nH]cnc2sccc12.c1nc(N2CCCCC2)c2ccsc2n1. The zero-order valence-electron chi connectivity index (χ0n) is 39.9. The number of carboxylic acids is 1. The molecule has 0 unspecified atom stereocenters. The molecule has 0 saturated carbocycles. The van der Waals surface area contributed by atoms with Crippen molar-refractivity contribution in [1.29, 1.82) is 0 Å². The fourth-order valence-electron chi connectivity index (χ4n) is 6.75. The molecule has 0 spiro atoms. The molecule has 11 heterocycles. The minimum absolute atomic E-state index is 0.0637. The molecule has 4 N–H and O–H groups in total. The van der Waals surface area contributed by atoms with E-state index in [2.05, 4.69) is 71.9 Å². The van der Waals surface area contributed by atoms with Crippen LogP contribution in [0.2, 0.25) is 5.15 Å². The largest absolute Gasteiger partial charge is 0.490 e. The summed E-state index contributed by atoms with van der Waals surface area (Å²) in [6, 6.07) is 9.51. The lowest BCUT2D eigenvalue weighted by Gasteiger charge is -2.36. The van der Waals surface area contributed by atoms with Crippen molar-refractivity contribution in [2.45, 2.75) is 51.8 Å². The predicted molar refractivity (Wildman–Crippen MR) is 287 cm³/mol. The molecule has 2 fully saturated rings. The molecule has 74 heavy (non-hydrogen) atoms. The Morgan fingerprint density at radius 3 is 1.58 bits per heavy atom. The maximum atomic E-state index is 12.1. The van der Waals surface area contributed by atoms with Gasteiger partial charge in [0.15, 0.2) is 0 Å². The zero-order valence-corrected chi connectivity index (χ0v) is 44.8. The van der Waals surface area contributed by atoms with Crippen molar-refractivity contribution in [1.82, 2.24) is 44.8 Å².